The first-order valence-electron chi connectivity index (χ1n) is 5.59. The van der Waals surface area contributed by atoms with Crippen LogP contribution in [0.15, 0.2) is 12.2 Å². The lowest BCUT2D eigenvalue weighted by Crippen LogP contribution is -2.12. The maximum absolute atomic E-state index is 3.44. The second-order valence-electron chi connectivity index (χ2n) is 4.09. The van der Waals surface area contributed by atoms with Crippen molar-refractivity contribution in [3.05, 3.63) is 12.2 Å². The fourth-order valence-corrected chi connectivity index (χ4v) is 2.40. The summed E-state index contributed by atoms with van der Waals surface area (Å²) in [6, 6.07) is 0. The van der Waals surface area contributed by atoms with E-state index in [0.717, 1.165) is 17.2 Å². The van der Waals surface area contributed by atoms with Gasteiger partial charge in [-0.15, -0.1) is 0 Å². The van der Waals surface area contributed by atoms with Crippen molar-refractivity contribution in [2.24, 2.45) is 11.8 Å². The quantitative estimate of drug-likeness (QED) is 0.503. The van der Waals surface area contributed by atoms with Crippen molar-refractivity contribution in [3.63, 3.8) is 0 Å². The van der Waals surface area contributed by atoms with E-state index in [0.29, 0.717) is 0 Å². The summed E-state index contributed by atoms with van der Waals surface area (Å²) in [5.74, 6) is 1.92. The van der Waals surface area contributed by atoms with E-state index in [-0.39, 0.29) is 0 Å². The standard InChI is InChI=1S/C12H21Br/c1-2-11-6-8-12(9-7-11)5-3-4-10-13/h3,5,11-12H,2,4,6-10H2,1H3/b5-3+. The van der Waals surface area contributed by atoms with Gasteiger partial charge in [0.1, 0.15) is 0 Å². The minimum absolute atomic E-state index is 0.891. The Hall–Kier alpha value is 0.220. The Morgan fingerprint density at radius 2 is 1.92 bits per heavy atom. The maximum atomic E-state index is 3.44. The minimum Gasteiger partial charge on any atom is -0.0925 e. The fourth-order valence-electron chi connectivity index (χ4n) is 2.14. The van der Waals surface area contributed by atoms with E-state index in [1.165, 1.54) is 38.5 Å². The zero-order valence-corrected chi connectivity index (χ0v) is 10.2. The molecule has 0 aliphatic heterocycles. The van der Waals surface area contributed by atoms with Crippen LogP contribution in [0.1, 0.15) is 45.4 Å². The average Bonchev–Trinajstić information content (AvgIpc) is 2.19. The van der Waals surface area contributed by atoms with E-state index in [1.807, 2.05) is 0 Å². The lowest BCUT2D eigenvalue weighted by molar-refractivity contribution is 0.303. The minimum atomic E-state index is 0.891. The van der Waals surface area contributed by atoms with Gasteiger partial charge in [0.05, 0.1) is 0 Å². The third-order valence-corrected chi connectivity index (χ3v) is 3.61. The van der Waals surface area contributed by atoms with Gasteiger partial charge in [-0.25, -0.2) is 0 Å². The molecule has 0 radical (unpaired) electrons. The molecule has 0 N–H and O–H groups in total. The van der Waals surface area contributed by atoms with Gasteiger partial charge in [-0.3, -0.25) is 0 Å². The number of alkyl halides is 1. The Morgan fingerprint density at radius 3 is 2.46 bits per heavy atom. The monoisotopic (exact) mass is 244 g/mol. The van der Waals surface area contributed by atoms with Crippen molar-refractivity contribution in [3.8, 4) is 0 Å². The van der Waals surface area contributed by atoms with Gasteiger partial charge in [-0.1, -0.05) is 41.4 Å². The lowest BCUT2D eigenvalue weighted by Gasteiger charge is -2.25. The topological polar surface area (TPSA) is 0 Å². The van der Waals surface area contributed by atoms with Crippen LogP contribution in [-0.2, 0) is 0 Å². The third kappa shape index (κ3) is 4.30. The van der Waals surface area contributed by atoms with Crippen LogP contribution in [0.3, 0.4) is 0 Å². The van der Waals surface area contributed by atoms with Crippen molar-refractivity contribution in [1.82, 2.24) is 0 Å². The summed E-state index contributed by atoms with van der Waals surface area (Å²) >= 11 is 3.44. The van der Waals surface area contributed by atoms with Gasteiger partial charge in [-0.2, -0.15) is 0 Å². The Morgan fingerprint density at radius 1 is 1.23 bits per heavy atom. The van der Waals surface area contributed by atoms with Gasteiger partial charge in [0.25, 0.3) is 0 Å². The predicted octanol–water partition coefficient (Wildman–Crippen LogP) is 4.54. The smallest absolute Gasteiger partial charge is 0.00659 e. The van der Waals surface area contributed by atoms with E-state index < -0.39 is 0 Å². The molecule has 76 valence electrons. The molecule has 0 spiro atoms. The highest BCUT2D eigenvalue weighted by molar-refractivity contribution is 9.09. The molecule has 1 heteroatoms. The third-order valence-electron chi connectivity index (χ3n) is 3.15. The summed E-state index contributed by atoms with van der Waals surface area (Å²) in [4.78, 5) is 0. The SMILES string of the molecule is CCC1CCC(/C=C/CCBr)CC1. The molecular weight excluding hydrogens is 224 g/mol. The molecule has 0 heterocycles. The summed E-state index contributed by atoms with van der Waals surface area (Å²) in [6.07, 6.45) is 13.1. The van der Waals surface area contributed by atoms with Crippen LogP contribution in [0.25, 0.3) is 0 Å². The van der Waals surface area contributed by atoms with E-state index in [2.05, 4.69) is 35.0 Å². The van der Waals surface area contributed by atoms with Gasteiger partial charge in [0.2, 0.25) is 0 Å². The molecule has 0 saturated heterocycles. The molecule has 1 saturated carbocycles. The molecule has 0 nitrogen and oxygen atoms in total. The molecule has 0 aromatic rings. The Bertz CT molecular complexity index is 143. The zero-order chi connectivity index (χ0) is 9.52. The van der Waals surface area contributed by atoms with Crippen LogP contribution >= 0.6 is 15.9 Å². The zero-order valence-electron chi connectivity index (χ0n) is 8.64. The summed E-state index contributed by atoms with van der Waals surface area (Å²) < 4.78 is 0. The number of rotatable bonds is 4. The Balaban J connectivity index is 2.17. The molecule has 0 amide bonds. The van der Waals surface area contributed by atoms with Gasteiger partial charge in [0, 0.05) is 5.33 Å². The Labute approximate surface area is 90.9 Å². The molecule has 1 rings (SSSR count). The van der Waals surface area contributed by atoms with Crippen LogP contribution in [-0.4, -0.2) is 5.33 Å². The maximum Gasteiger partial charge on any atom is 0.00659 e. The van der Waals surface area contributed by atoms with Gasteiger partial charge in [0.15, 0.2) is 0 Å². The van der Waals surface area contributed by atoms with Gasteiger partial charge >= 0.3 is 0 Å². The molecule has 0 aromatic heterocycles. The van der Waals surface area contributed by atoms with Crippen molar-refractivity contribution < 1.29 is 0 Å². The fraction of sp³-hybridized carbons (Fsp3) is 0.833. The normalized spacial score (nSPS) is 29.7. The molecule has 0 aromatic carbocycles. The number of halogens is 1. The molecular formula is C12H21Br. The molecule has 0 atom stereocenters. The molecule has 0 bridgehead atoms. The number of hydrogen-bond donors (Lipinski definition) is 0. The van der Waals surface area contributed by atoms with E-state index >= 15 is 0 Å². The number of hydrogen-bond acceptors (Lipinski definition) is 0. The Kier molecular flexibility index (Phi) is 5.77. The number of allylic oxidation sites excluding steroid dienone is 2. The first-order chi connectivity index (χ1) is 6.36. The van der Waals surface area contributed by atoms with Crippen molar-refractivity contribution in [1.29, 1.82) is 0 Å². The molecule has 1 fully saturated rings. The van der Waals surface area contributed by atoms with E-state index in [1.54, 1.807) is 0 Å². The summed E-state index contributed by atoms with van der Waals surface area (Å²) in [5.41, 5.74) is 0. The summed E-state index contributed by atoms with van der Waals surface area (Å²) in [7, 11) is 0. The van der Waals surface area contributed by atoms with E-state index in [4.69, 9.17) is 0 Å². The van der Waals surface area contributed by atoms with Gasteiger partial charge in [-0.05, 0) is 43.9 Å². The second kappa shape index (κ2) is 6.64. The lowest BCUT2D eigenvalue weighted by atomic mass is 9.81. The van der Waals surface area contributed by atoms with Crippen LogP contribution in [0.2, 0.25) is 0 Å². The molecule has 13 heavy (non-hydrogen) atoms. The predicted molar refractivity (Wildman–Crippen MR) is 63.3 cm³/mol. The summed E-state index contributed by atoms with van der Waals surface area (Å²) in [6.45, 7) is 2.33. The molecule has 1 aliphatic carbocycles. The van der Waals surface area contributed by atoms with Crippen LogP contribution in [0.5, 0.6) is 0 Å². The largest absolute Gasteiger partial charge is 0.0925 e. The molecule has 0 unspecified atom stereocenters. The van der Waals surface area contributed by atoms with Crippen LogP contribution in [0.4, 0.5) is 0 Å². The van der Waals surface area contributed by atoms with Crippen LogP contribution in [0, 0.1) is 11.8 Å². The second-order valence-corrected chi connectivity index (χ2v) is 4.89. The van der Waals surface area contributed by atoms with Gasteiger partial charge < -0.3 is 0 Å². The van der Waals surface area contributed by atoms with Crippen molar-refractivity contribution in [2.75, 3.05) is 5.33 Å². The average molecular weight is 245 g/mol. The molecule has 1 aliphatic rings. The summed E-state index contributed by atoms with van der Waals surface area (Å²) in [5, 5.41) is 1.10. The highest BCUT2D eigenvalue weighted by Gasteiger charge is 2.17. The van der Waals surface area contributed by atoms with Crippen LogP contribution < -0.4 is 0 Å². The van der Waals surface area contributed by atoms with Crippen molar-refractivity contribution >= 4 is 15.9 Å². The first-order valence-corrected chi connectivity index (χ1v) is 6.71. The van der Waals surface area contributed by atoms with Crippen molar-refractivity contribution in [2.45, 2.75) is 45.4 Å². The first kappa shape index (κ1) is 11.3. The highest BCUT2D eigenvalue weighted by Crippen LogP contribution is 2.31. The van der Waals surface area contributed by atoms with E-state index in [9.17, 15) is 0 Å². The highest BCUT2D eigenvalue weighted by atomic mass is 79.9.